The summed E-state index contributed by atoms with van der Waals surface area (Å²) >= 11 is 0. The third-order valence-corrected chi connectivity index (χ3v) is 1.64. The molecule has 0 aliphatic heterocycles. The van der Waals surface area contributed by atoms with Gasteiger partial charge in [0.2, 0.25) is 0 Å². The average molecular weight is 148 g/mol. The highest BCUT2D eigenvalue weighted by molar-refractivity contribution is 5.50. The molecule has 0 atom stereocenters. The van der Waals surface area contributed by atoms with E-state index in [4.69, 9.17) is 0 Å². The van der Waals surface area contributed by atoms with Crippen molar-refractivity contribution >= 4 is 5.69 Å². The Bertz CT molecular complexity index is 257. The van der Waals surface area contributed by atoms with Gasteiger partial charge in [-0.2, -0.15) is 10.2 Å². The summed E-state index contributed by atoms with van der Waals surface area (Å²) in [5.41, 5.74) is 3.35. The molecule has 0 saturated carbocycles. The van der Waals surface area contributed by atoms with Crippen LogP contribution >= 0.6 is 0 Å². The molecule has 2 heteroatoms. The van der Waals surface area contributed by atoms with Gasteiger partial charge in [0.25, 0.3) is 0 Å². The topological polar surface area (TPSA) is 24.7 Å². The van der Waals surface area contributed by atoms with Gasteiger partial charge in [0, 0.05) is 7.05 Å². The molecule has 0 unspecified atom stereocenters. The minimum Gasteiger partial charge on any atom is -0.192 e. The maximum Gasteiger partial charge on any atom is 0.0910 e. The molecule has 0 N–H and O–H groups in total. The van der Waals surface area contributed by atoms with E-state index in [-0.39, 0.29) is 0 Å². The Morgan fingerprint density at radius 3 is 2.09 bits per heavy atom. The predicted molar refractivity (Wildman–Crippen MR) is 46.4 cm³/mol. The third kappa shape index (κ3) is 1.64. The van der Waals surface area contributed by atoms with Gasteiger partial charge in [-0.3, -0.25) is 0 Å². The highest BCUT2D eigenvalue weighted by atomic mass is 15.1. The molecular weight excluding hydrogens is 136 g/mol. The van der Waals surface area contributed by atoms with Gasteiger partial charge in [-0.15, -0.1) is 0 Å². The smallest absolute Gasteiger partial charge is 0.0910 e. The van der Waals surface area contributed by atoms with Gasteiger partial charge in [0.05, 0.1) is 5.69 Å². The fourth-order valence-corrected chi connectivity index (χ4v) is 1.06. The van der Waals surface area contributed by atoms with Crippen LogP contribution in [-0.2, 0) is 0 Å². The van der Waals surface area contributed by atoms with Gasteiger partial charge < -0.3 is 0 Å². The summed E-state index contributed by atoms with van der Waals surface area (Å²) < 4.78 is 0. The molecule has 0 amide bonds. The average Bonchev–Trinajstić information content (AvgIpc) is 1.97. The minimum atomic E-state index is 0.995. The van der Waals surface area contributed by atoms with E-state index >= 15 is 0 Å². The van der Waals surface area contributed by atoms with Crippen molar-refractivity contribution in [2.45, 2.75) is 13.8 Å². The van der Waals surface area contributed by atoms with E-state index < -0.39 is 0 Å². The quantitative estimate of drug-likeness (QED) is 0.547. The summed E-state index contributed by atoms with van der Waals surface area (Å²) in [7, 11) is 1.69. The Kier molecular flexibility index (Phi) is 2.36. The van der Waals surface area contributed by atoms with Crippen molar-refractivity contribution in [1.29, 1.82) is 0 Å². The molecule has 0 radical (unpaired) electrons. The molecule has 0 aliphatic carbocycles. The SMILES string of the molecule is C/N=N/c1c(C)cccc1C. The maximum atomic E-state index is 4.03. The third-order valence-electron chi connectivity index (χ3n) is 1.64. The van der Waals surface area contributed by atoms with E-state index in [0.717, 1.165) is 5.69 Å². The number of hydrogen-bond acceptors (Lipinski definition) is 2. The molecule has 0 aromatic heterocycles. The molecule has 1 aromatic rings. The number of aryl methyl sites for hydroxylation is 2. The highest BCUT2D eigenvalue weighted by Crippen LogP contribution is 2.22. The summed E-state index contributed by atoms with van der Waals surface area (Å²) in [6, 6.07) is 6.10. The van der Waals surface area contributed by atoms with Crippen molar-refractivity contribution in [3.8, 4) is 0 Å². The molecule has 0 aliphatic rings. The van der Waals surface area contributed by atoms with Crippen molar-refractivity contribution in [3.63, 3.8) is 0 Å². The Morgan fingerprint density at radius 2 is 1.64 bits per heavy atom. The highest BCUT2D eigenvalue weighted by Gasteiger charge is 1.97. The number of hydrogen-bond donors (Lipinski definition) is 0. The van der Waals surface area contributed by atoms with Crippen LogP contribution in [0.4, 0.5) is 5.69 Å². The van der Waals surface area contributed by atoms with Gasteiger partial charge in [0.1, 0.15) is 0 Å². The van der Waals surface area contributed by atoms with Crippen molar-refractivity contribution in [2.75, 3.05) is 7.05 Å². The van der Waals surface area contributed by atoms with Crippen LogP contribution in [0.3, 0.4) is 0 Å². The van der Waals surface area contributed by atoms with Crippen LogP contribution < -0.4 is 0 Å². The molecule has 2 nitrogen and oxygen atoms in total. The lowest BCUT2D eigenvalue weighted by molar-refractivity contribution is 1.14. The molecular formula is C9H12N2. The Balaban J connectivity index is 3.20. The van der Waals surface area contributed by atoms with Crippen LogP contribution in [0.15, 0.2) is 28.4 Å². The lowest BCUT2D eigenvalue weighted by Crippen LogP contribution is -1.77. The van der Waals surface area contributed by atoms with Crippen LogP contribution in [-0.4, -0.2) is 7.05 Å². The van der Waals surface area contributed by atoms with E-state index in [1.54, 1.807) is 7.05 Å². The monoisotopic (exact) mass is 148 g/mol. The van der Waals surface area contributed by atoms with E-state index in [9.17, 15) is 0 Å². The second-order valence-electron chi connectivity index (χ2n) is 2.54. The molecule has 58 valence electrons. The van der Waals surface area contributed by atoms with Crippen molar-refractivity contribution in [1.82, 2.24) is 0 Å². The van der Waals surface area contributed by atoms with Gasteiger partial charge in [-0.1, -0.05) is 18.2 Å². The zero-order valence-electron chi connectivity index (χ0n) is 7.13. The predicted octanol–water partition coefficient (Wildman–Crippen LogP) is 3.02. The van der Waals surface area contributed by atoms with Crippen LogP contribution in [0.2, 0.25) is 0 Å². The lowest BCUT2D eigenvalue weighted by atomic mass is 10.1. The summed E-state index contributed by atoms with van der Waals surface area (Å²) in [6.45, 7) is 4.08. The first kappa shape index (κ1) is 7.92. The molecule has 0 fully saturated rings. The Morgan fingerprint density at radius 1 is 1.09 bits per heavy atom. The first-order chi connectivity index (χ1) is 5.25. The van der Waals surface area contributed by atoms with Gasteiger partial charge in [-0.05, 0) is 25.0 Å². The van der Waals surface area contributed by atoms with Crippen molar-refractivity contribution in [3.05, 3.63) is 29.3 Å². The second kappa shape index (κ2) is 3.28. The first-order valence-corrected chi connectivity index (χ1v) is 3.61. The number of azo groups is 1. The van der Waals surface area contributed by atoms with Crippen LogP contribution in [0.1, 0.15) is 11.1 Å². The van der Waals surface area contributed by atoms with Crippen LogP contribution in [0.25, 0.3) is 0 Å². The fraction of sp³-hybridized carbons (Fsp3) is 0.333. The molecule has 0 saturated heterocycles. The van der Waals surface area contributed by atoms with Crippen molar-refractivity contribution in [2.24, 2.45) is 10.2 Å². The largest absolute Gasteiger partial charge is 0.192 e. The summed E-state index contributed by atoms with van der Waals surface area (Å²) in [6.07, 6.45) is 0. The molecule has 0 bridgehead atoms. The Labute approximate surface area is 67.0 Å². The van der Waals surface area contributed by atoms with E-state index in [1.807, 2.05) is 32.0 Å². The van der Waals surface area contributed by atoms with Crippen LogP contribution in [0, 0.1) is 13.8 Å². The maximum absolute atomic E-state index is 4.03. The van der Waals surface area contributed by atoms with Gasteiger partial charge in [0.15, 0.2) is 0 Å². The first-order valence-electron chi connectivity index (χ1n) is 3.61. The number of nitrogens with zero attached hydrogens (tertiary/aromatic N) is 2. The summed E-state index contributed by atoms with van der Waals surface area (Å²) in [5, 5.41) is 7.78. The Hall–Kier alpha value is -1.18. The van der Waals surface area contributed by atoms with E-state index in [1.165, 1.54) is 11.1 Å². The molecule has 0 heterocycles. The fourth-order valence-electron chi connectivity index (χ4n) is 1.06. The summed E-state index contributed by atoms with van der Waals surface area (Å²) in [4.78, 5) is 0. The van der Waals surface area contributed by atoms with E-state index in [2.05, 4.69) is 10.2 Å². The van der Waals surface area contributed by atoms with Gasteiger partial charge >= 0.3 is 0 Å². The standard InChI is InChI=1S/C9H12N2/c1-7-5-4-6-8(2)9(7)11-10-3/h4-6H,1-3H3/b11-10+. The zero-order valence-corrected chi connectivity index (χ0v) is 7.13. The number of benzene rings is 1. The minimum absolute atomic E-state index is 0.995. The number of rotatable bonds is 1. The molecule has 1 rings (SSSR count). The molecule has 1 aromatic carbocycles. The second-order valence-corrected chi connectivity index (χ2v) is 2.54. The molecule has 0 spiro atoms. The normalized spacial score (nSPS) is 10.8. The van der Waals surface area contributed by atoms with Gasteiger partial charge in [-0.25, -0.2) is 0 Å². The molecule has 11 heavy (non-hydrogen) atoms. The lowest BCUT2D eigenvalue weighted by Gasteiger charge is -2.00. The zero-order chi connectivity index (χ0) is 8.27. The summed E-state index contributed by atoms with van der Waals surface area (Å²) in [5.74, 6) is 0. The van der Waals surface area contributed by atoms with Crippen LogP contribution in [0.5, 0.6) is 0 Å². The van der Waals surface area contributed by atoms with Crippen molar-refractivity contribution < 1.29 is 0 Å². The van der Waals surface area contributed by atoms with E-state index in [0.29, 0.717) is 0 Å².